The highest BCUT2D eigenvalue weighted by Crippen LogP contribution is 2.29. The molecule has 0 aromatic heterocycles. The average molecular weight is 372 g/mol. The Balaban J connectivity index is 2.18. The van der Waals surface area contributed by atoms with Gasteiger partial charge in [0.15, 0.2) is 11.5 Å². The van der Waals surface area contributed by atoms with Crippen molar-refractivity contribution < 1.29 is 28.8 Å². The predicted octanol–water partition coefficient (Wildman–Crippen LogP) is 3.11. The van der Waals surface area contributed by atoms with Gasteiger partial charge in [-0.3, -0.25) is 10.1 Å². The van der Waals surface area contributed by atoms with Gasteiger partial charge in [0, 0.05) is 24.6 Å². The molecule has 27 heavy (non-hydrogen) atoms. The molecule has 0 amide bonds. The first-order valence-electron chi connectivity index (χ1n) is 7.85. The minimum atomic E-state index is -0.688. The molecule has 9 heteroatoms. The number of ether oxygens (including phenoxy) is 2. The van der Waals surface area contributed by atoms with Crippen LogP contribution in [0.2, 0.25) is 0 Å². The first-order chi connectivity index (χ1) is 12.9. The van der Waals surface area contributed by atoms with Crippen LogP contribution in [0.5, 0.6) is 11.5 Å². The van der Waals surface area contributed by atoms with Gasteiger partial charge in [0.05, 0.1) is 23.3 Å². The molecule has 0 aliphatic carbocycles. The van der Waals surface area contributed by atoms with Gasteiger partial charge in [-0.2, -0.15) is 0 Å². The zero-order valence-electron chi connectivity index (χ0n) is 14.6. The molecular formula is C18H16N2O7. The Morgan fingerprint density at radius 2 is 1.85 bits per heavy atom. The molecular weight excluding hydrogens is 356 g/mol. The van der Waals surface area contributed by atoms with Crippen molar-refractivity contribution in [1.82, 2.24) is 0 Å². The number of carbonyl (C=O) groups excluding carboxylic acids is 2. The number of nitro groups is 1. The van der Waals surface area contributed by atoms with E-state index in [1.165, 1.54) is 43.5 Å². The lowest BCUT2D eigenvalue weighted by molar-refractivity contribution is -0.384. The minimum Gasteiger partial charge on any atom is -0.490 e. The van der Waals surface area contributed by atoms with Crippen LogP contribution < -0.4 is 9.47 Å². The number of hydrogen-bond donors (Lipinski definition) is 0. The summed E-state index contributed by atoms with van der Waals surface area (Å²) in [6.45, 7) is 3.32. The van der Waals surface area contributed by atoms with Crippen LogP contribution in [0.25, 0.3) is 0 Å². The first kappa shape index (κ1) is 19.6. The normalized spacial score (nSPS) is 10.4. The van der Waals surface area contributed by atoms with Crippen molar-refractivity contribution in [1.29, 1.82) is 0 Å². The molecule has 0 spiro atoms. The molecule has 0 radical (unpaired) electrons. The SMILES string of the molecule is CCOc1cc(/C=N\OC(C)=O)ccc1OC(=O)c1ccc([N+](=O)[O-])cc1. The smallest absolute Gasteiger partial charge is 0.343 e. The number of benzene rings is 2. The van der Waals surface area contributed by atoms with Gasteiger partial charge in [-0.25, -0.2) is 9.59 Å². The zero-order valence-corrected chi connectivity index (χ0v) is 14.6. The number of nitrogens with zero attached hydrogens (tertiary/aromatic N) is 2. The summed E-state index contributed by atoms with van der Waals surface area (Å²) >= 11 is 0. The van der Waals surface area contributed by atoms with Gasteiger partial charge in [-0.05, 0) is 37.3 Å². The number of esters is 1. The van der Waals surface area contributed by atoms with E-state index in [9.17, 15) is 19.7 Å². The number of hydrogen-bond acceptors (Lipinski definition) is 8. The van der Waals surface area contributed by atoms with E-state index in [1.54, 1.807) is 19.1 Å². The summed E-state index contributed by atoms with van der Waals surface area (Å²) in [6.07, 6.45) is 1.31. The Morgan fingerprint density at radius 3 is 2.44 bits per heavy atom. The van der Waals surface area contributed by atoms with E-state index < -0.39 is 16.9 Å². The highest BCUT2D eigenvalue weighted by Gasteiger charge is 2.15. The molecule has 2 aromatic carbocycles. The molecule has 0 N–H and O–H groups in total. The van der Waals surface area contributed by atoms with Crippen LogP contribution in [0, 0.1) is 10.1 Å². The second-order valence-electron chi connectivity index (χ2n) is 5.15. The molecule has 2 aromatic rings. The highest BCUT2D eigenvalue weighted by molar-refractivity contribution is 5.92. The summed E-state index contributed by atoms with van der Waals surface area (Å²) in [5, 5.41) is 14.2. The molecule has 0 unspecified atom stereocenters. The summed E-state index contributed by atoms with van der Waals surface area (Å²) in [6, 6.07) is 9.71. The van der Waals surface area contributed by atoms with Gasteiger partial charge in [0.25, 0.3) is 5.69 Å². The van der Waals surface area contributed by atoms with E-state index in [-0.39, 0.29) is 17.0 Å². The fourth-order valence-corrected chi connectivity index (χ4v) is 2.00. The summed E-state index contributed by atoms with van der Waals surface area (Å²) in [5.74, 6) is -0.776. The molecule has 0 saturated carbocycles. The highest BCUT2D eigenvalue weighted by atomic mass is 16.7. The molecule has 2 rings (SSSR count). The van der Waals surface area contributed by atoms with Crippen LogP contribution in [-0.4, -0.2) is 29.7 Å². The van der Waals surface area contributed by atoms with Crippen molar-refractivity contribution in [2.45, 2.75) is 13.8 Å². The number of non-ortho nitro benzene ring substituents is 1. The second kappa shape index (κ2) is 9.09. The second-order valence-corrected chi connectivity index (χ2v) is 5.15. The quantitative estimate of drug-likeness (QED) is 0.183. The van der Waals surface area contributed by atoms with Crippen molar-refractivity contribution in [3.63, 3.8) is 0 Å². The first-order valence-corrected chi connectivity index (χ1v) is 7.85. The summed E-state index contributed by atoms with van der Waals surface area (Å²) in [5.41, 5.74) is 0.594. The van der Waals surface area contributed by atoms with Crippen molar-refractivity contribution in [3.8, 4) is 11.5 Å². The van der Waals surface area contributed by atoms with Gasteiger partial charge in [-0.15, -0.1) is 0 Å². The molecule has 0 atom stereocenters. The molecule has 0 bridgehead atoms. The Labute approximate surface area is 154 Å². The largest absolute Gasteiger partial charge is 0.490 e. The topological polar surface area (TPSA) is 117 Å². The third kappa shape index (κ3) is 5.63. The fourth-order valence-electron chi connectivity index (χ4n) is 2.00. The predicted molar refractivity (Wildman–Crippen MR) is 95.0 cm³/mol. The van der Waals surface area contributed by atoms with Gasteiger partial charge in [0.1, 0.15) is 0 Å². The Morgan fingerprint density at radius 1 is 1.15 bits per heavy atom. The minimum absolute atomic E-state index is 0.127. The number of nitro benzene ring substituents is 1. The van der Waals surface area contributed by atoms with Crippen LogP contribution in [0.1, 0.15) is 29.8 Å². The average Bonchev–Trinajstić information content (AvgIpc) is 2.63. The van der Waals surface area contributed by atoms with E-state index in [2.05, 4.69) is 9.99 Å². The maximum atomic E-state index is 12.3. The molecule has 0 fully saturated rings. The molecule has 0 saturated heterocycles. The Kier molecular flexibility index (Phi) is 6.59. The number of oxime groups is 1. The van der Waals surface area contributed by atoms with Crippen LogP contribution in [0.4, 0.5) is 5.69 Å². The molecule has 9 nitrogen and oxygen atoms in total. The molecule has 0 aliphatic heterocycles. The standard InChI is InChI=1S/C18H16N2O7/c1-3-25-17-10-13(11-19-27-12(2)21)4-9-16(17)26-18(22)14-5-7-15(8-6-14)20(23)24/h4-11H,3H2,1-2H3/b19-11-. The van der Waals surface area contributed by atoms with Crippen LogP contribution in [0.15, 0.2) is 47.6 Å². The van der Waals surface area contributed by atoms with Gasteiger partial charge >= 0.3 is 11.9 Å². The Hall–Kier alpha value is -3.75. The number of rotatable bonds is 7. The lowest BCUT2D eigenvalue weighted by atomic mass is 10.2. The lowest BCUT2D eigenvalue weighted by Crippen LogP contribution is -2.10. The van der Waals surface area contributed by atoms with Crippen LogP contribution in [0.3, 0.4) is 0 Å². The monoisotopic (exact) mass is 372 g/mol. The van der Waals surface area contributed by atoms with Gasteiger partial charge < -0.3 is 14.3 Å². The summed E-state index contributed by atoms with van der Waals surface area (Å²) < 4.78 is 10.8. The summed E-state index contributed by atoms with van der Waals surface area (Å²) in [4.78, 5) is 37.6. The van der Waals surface area contributed by atoms with Crippen molar-refractivity contribution >= 4 is 23.8 Å². The molecule has 140 valence electrons. The van der Waals surface area contributed by atoms with Crippen molar-refractivity contribution in [3.05, 3.63) is 63.7 Å². The maximum absolute atomic E-state index is 12.3. The van der Waals surface area contributed by atoms with E-state index in [4.69, 9.17) is 9.47 Å². The Bertz CT molecular complexity index is 876. The van der Waals surface area contributed by atoms with E-state index >= 15 is 0 Å². The zero-order chi connectivity index (χ0) is 19.8. The van der Waals surface area contributed by atoms with Crippen molar-refractivity contribution in [2.75, 3.05) is 6.61 Å². The summed E-state index contributed by atoms with van der Waals surface area (Å²) in [7, 11) is 0. The van der Waals surface area contributed by atoms with Gasteiger partial charge in [-0.1, -0.05) is 5.16 Å². The van der Waals surface area contributed by atoms with Crippen molar-refractivity contribution in [2.24, 2.45) is 5.16 Å². The van der Waals surface area contributed by atoms with E-state index in [1.807, 2.05) is 0 Å². The number of carbonyl (C=O) groups is 2. The van der Waals surface area contributed by atoms with Crippen LogP contribution >= 0.6 is 0 Å². The molecule has 0 aliphatic rings. The fraction of sp³-hybridized carbons (Fsp3) is 0.167. The van der Waals surface area contributed by atoms with Gasteiger partial charge in [0.2, 0.25) is 0 Å². The third-order valence-corrected chi connectivity index (χ3v) is 3.17. The maximum Gasteiger partial charge on any atom is 0.343 e. The molecule has 0 heterocycles. The van der Waals surface area contributed by atoms with E-state index in [0.29, 0.717) is 17.9 Å². The van der Waals surface area contributed by atoms with E-state index in [0.717, 1.165) is 0 Å². The third-order valence-electron chi connectivity index (χ3n) is 3.17. The lowest BCUT2D eigenvalue weighted by Gasteiger charge is -2.11. The van der Waals surface area contributed by atoms with Crippen LogP contribution in [-0.2, 0) is 9.63 Å².